The number of aromatic nitrogens is 2. The zero-order valence-electron chi connectivity index (χ0n) is 30.3. The number of ether oxygens (including phenoxy) is 2. The number of hydrogen-bond donors (Lipinski definition) is 5. The highest BCUT2D eigenvalue weighted by atomic mass is 16.5. The number of nitrogens with one attached hydrogen (secondary N) is 4. The number of carbonyl (C=O) groups excluding carboxylic acids is 4. The van der Waals surface area contributed by atoms with Crippen LogP contribution in [0.1, 0.15) is 63.8 Å². The molecule has 1 aromatic heterocycles. The Morgan fingerprint density at radius 2 is 1.48 bits per heavy atom. The maximum absolute atomic E-state index is 14.1. The number of nitrogens with zero attached hydrogens (tertiary/aromatic N) is 1. The quantitative estimate of drug-likeness (QED) is 0.0846. The minimum Gasteiger partial charge on any atom is -0.465 e. The lowest BCUT2D eigenvalue weighted by Crippen LogP contribution is -2.57. The molecule has 278 valence electrons. The van der Waals surface area contributed by atoms with Gasteiger partial charge in [-0.2, -0.15) is 0 Å². The summed E-state index contributed by atoms with van der Waals surface area (Å²) in [7, 11) is 0. The Labute approximate surface area is 305 Å². The molecule has 0 saturated heterocycles. The first-order chi connectivity index (χ1) is 25.0. The van der Waals surface area contributed by atoms with Crippen LogP contribution in [-0.2, 0) is 43.3 Å². The van der Waals surface area contributed by atoms with Crippen LogP contribution < -0.4 is 16.0 Å². The number of fused-ring (bicyclic) bond motifs is 1. The lowest BCUT2D eigenvalue weighted by atomic mass is 9.95. The highest BCUT2D eigenvalue weighted by Crippen LogP contribution is 2.20. The molecule has 4 aromatic rings. The van der Waals surface area contributed by atoms with E-state index in [4.69, 9.17) is 9.47 Å². The van der Waals surface area contributed by atoms with E-state index in [9.17, 15) is 24.3 Å². The van der Waals surface area contributed by atoms with Gasteiger partial charge in [0, 0.05) is 25.5 Å². The predicted octanol–water partition coefficient (Wildman–Crippen LogP) is 5.00. The molecule has 0 spiro atoms. The van der Waals surface area contributed by atoms with Gasteiger partial charge in [0.25, 0.3) is 0 Å². The van der Waals surface area contributed by atoms with Crippen molar-refractivity contribution in [2.45, 2.75) is 90.6 Å². The Hall–Kier alpha value is -5.23. The number of amides is 3. The molecule has 0 fully saturated rings. The number of hydrogen-bond acceptors (Lipinski definition) is 8. The number of imidazole rings is 1. The second-order valence-electron chi connectivity index (χ2n) is 13.9. The summed E-state index contributed by atoms with van der Waals surface area (Å²) < 4.78 is 10.7. The van der Waals surface area contributed by atoms with Crippen molar-refractivity contribution in [2.24, 2.45) is 11.8 Å². The summed E-state index contributed by atoms with van der Waals surface area (Å²) in [6, 6.07) is 19.8. The number of esters is 1. The Kier molecular flexibility index (Phi) is 15.2. The summed E-state index contributed by atoms with van der Waals surface area (Å²) in [6.07, 6.45) is 1.94. The first kappa shape index (κ1) is 39.6. The largest absolute Gasteiger partial charge is 0.465 e. The third-order valence-electron chi connectivity index (χ3n) is 8.47. The second-order valence-corrected chi connectivity index (χ2v) is 13.9. The molecule has 0 bridgehead atoms. The van der Waals surface area contributed by atoms with Crippen LogP contribution in [0.25, 0.3) is 10.8 Å². The lowest BCUT2D eigenvalue weighted by Gasteiger charge is -2.29. The third-order valence-corrected chi connectivity index (χ3v) is 8.47. The molecule has 3 amide bonds. The molecule has 52 heavy (non-hydrogen) atoms. The Morgan fingerprint density at radius 1 is 0.788 bits per heavy atom. The summed E-state index contributed by atoms with van der Waals surface area (Å²) in [6.45, 7) is 8.10. The fourth-order valence-electron chi connectivity index (χ4n) is 5.80. The van der Waals surface area contributed by atoms with E-state index in [0.717, 1.165) is 21.9 Å². The highest BCUT2D eigenvalue weighted by molar-refractivity contribution is 5.93. The van der Waals surface area contributed by atoms with E-state index in [2.05, 4.69) is 25.9 Å². The van der Waals surface area contributed by atoms with E-state index >= 15 is 0 Å². The van der Waals surface area contributed by atoms with Gasteiger partial charge in [-0.15, -0.1) is 0 Å². The van der Waals surface area contributed by atoms with E-state index in [0.29, 0.717) is 12.1 Å². The zero-order chi connectivity index (χ0) is 37.5. The number of alkyl carbamates (subject to hydrolysis) is 1. The molecule has 4 rings (SSSR count). The van der Waals surface area contributed by atoms with Gasteiger partial charge in [0.05, 0.1) is 30.8 Å². The first-order valence-corrected chi connectivity index (χ1v) is 17.8. The maximum atomic E-state index is 14.1. The molecule has 12 nitrogen and oxygen atoms in total. The van der Waals surface area contributed by atoms with Gasteiger partial charge in [-0.1, -0.05) is 100 Å². The van der Waals surface area contributed by atoms with E-state index in [1.165, 1.54) is 6.33 Å². The zero-order valence-corrected chi connectivity index (χ0v) is 30.3. The fraction of sp³-hybridized carbons (Fsp3) is 0.425. The average molecular weight is 714 g/mol. The molecule has 0 saturated carbocycles. The van der Waals surface area contributed by atoms with Crippen LogP contribution >= 0.6 is 0 Å². The van der Waals surface area contributed by atoms with Crippen molar-refractivity contribution >= 4 is 34.6 Å². The molecule has 0 aliphatic heterocycles. The average Bonchev–Trinajstić information content (AvgIpc) is 3.65. The van der Waals surface area contributed by atoms with Gasteiger partial charge >= 0.3 is 12.1 Å². The number of aliphatic hydroxyl groups is 1. The maximum Gasteiger partial charge on any atom is 0.408 e. The smallest absolute Gasteiger partial charge is 0.408 e. The van der Waals surface area contributed by atoms with Crippen molar-refractivity contribution in [3.8, 4) is 0 Å². The lowest BCUT2D eigenvalue weighted by molar-refractivity contribution is -0.145. The van der Waals surface area contributed by atoms with Crippen molar-refractivity contribution in [2.75, 3.05) is 6.61 Å². The number of rotatable bonds is 19. The molecule has 3 aromatic carbocycles. The molecule has 0 aliphatic rings. The van der Waals surface area contributed by atoms with Gasteiger partial charge in [-0.25, -0.2) is 9.78 Å². The van der Waals surface area contributed by atoms with Gasteiger partial charge in [0.2, 0.25) is 11.8 Å². The Balaban J connectivity index is 1.53. The minimum atomic E-state index is -1.12. The number of carbonyl (C=O) groups is 4. The van der Waals surface area contributed by atoms with Gasteiger partial charge in [-0.3, -0.25) is 14.4 Å². The molecule has 0 aliphatic carbocycles. The van der Waals surface area contributed by atoms with Gasteiger partial charge in [-0.05, 0) is 46.6 Å². The summed E-state index contributed by atoms with van der Waals surface area (Å²) in [4.78, 5) is 60.6. The SMILES string of the molecule is CC(C)COC(=O)CCC(O)C(CC(C)C)NC(=O)[C@@H](Cc1c[nH]cn1)NC(=O)[C@@H](Cc1cccc2ccccc12)NC(=O)OCc1ccccc1. The molecule has 1 heterocycles. The fourth-order valence-corrected chi connectivity index (χ4v) is 5.80. The van der Waals surface area contributed by atoms with E-state index in [1.807, 2.05) is 100 Å². The van der Waals surface area contributed by atoms with Crippen LogP contribution in [0.4, 0.5) is 4.79 Å². The van der Waals surface area contributed by atoms with E-state index < -0.39 is 48.1 Å². The summed E-state index contributed by atoms with van der Waals surface area (Å²) >= 11 is 0. The van der Waals surface area contributed by atoms with Gasteiger partial charge in [0.15, 0.2) is 0 Å². The van der Waals surface area contributed by atoms with Crippen molar-refractivity contribution in [3.63, 3.8) is 0 Å². The van der Waals surface area contributed by atoms with Crippen LogP contribution in [0, 0.1) is 11.8 Å². The molecule has 5 N–H and O–H groups in total. The Bertz CT molecular complexity index is 1720. The number of aromatic amines is 1. The minimum absolute atomic E-state index is 0.00627. The number of aliphatic hydroxyl groups excluding tert-OH is 1. The van der Waals surface area contributed by atoms with Crippen LogP contribution in [0.15, 0.2) is 85.3 Å². The summed E-state index contributed by atoms with van der Waals surface area (Å²) in [5, 5.41) is 21.5. The van der Waals surface area contributed by atoms with Gasteiger partial charge in [0.1, 0.15) is 18.7 Å². The van der Waals surface area contributed by atoms with Crippen molar-refractivity contribution in [1.29, 1.82) is 0 Å². The Morgan fingerprint density at radius 3 is 2.19 bits per heavy atom. The molecular formula is C40H51N5O7. The van der Waals surface area contributed by atoms with Crippen molar-refractivity contribution < 1.29 is 33.8 Å². The summed E-state index contributed by atoms with van der Waals surface area (Å²) in [5.74, 6) is -1.28. The predicted molar refractivity (Wildman–Crippen MR) is 198 cm³/mol. The van der Waals surface area contributed by atoms with Crippen LogP contribution in [0.5, 0.6) is 0 Å². The molecular weight excluding hydrogens is 662 g/mol. The standard InChI is InChI=1S/C40H51N5O7/c1-26(2)19-33(36(46)17-18-37(47)51-23-27(3)4)43-39(49)35(21-31-22-41-25-42-31)44-38(48)34(45-40(50)52-24-28-11-6-5-7-12-28)20-30-15-10-14-29-13-8-9-16-32(29)30/h5-16,22,25-27,33-36,46H,17-21,23-24H2,1-4H3,(H,41,42)(H,43,49)(H,44,48)(H,45,50)/t33?,34-,35-,36?/m1/s1. The highest BCUT2D eigenvalue weighted by Gasteiger charge is 2.31. The normalized spacial score (nSPS) is 13.6. The third kappa shape index (κ3) is 12.8. The topological polar surface area (TPSA) is 172 Å². The summed E-state index contributed by atoms with van der Waals surface area (Å²) in [5.41, 5.74) is 2.13. The second kappa shape index (κ2) is 20.0. The van der Waals surface area contributed by atoms with Crippen molar-refractivity contribution in [1.82, 2.24) is 25.9 Å². The van der Waals surface area contributed by atoms with Crippen LogP contribution in [0.2, 0.25) is 0 Å². The number of benzene rings is 3. The van der Waals surface area contributed by atoms with Crippen LogP contribution in [-0.4, -0.2) is 69.8 Å². The van der Waals surface area contributed by atoms with Crippen molar-refractivity contribution in [3.05, 3.63) is 102 Å². The van der Waals surface area contributed by atoms with Gasteiger partial charge < -0.3 is 35.5 Å². The first-order valence-electron chi connectivity index (χ1n) is 17.8. The number of H-pyrrole nitrogens is 1. The van der Waals surface area contributed by atoms with E-state index in [1.54, 1.807) is 6.20 Å². The molecule has 0 radical (unpaired) electrons. The monoisotopic (exact) mass is 713 g/mol. The van der Waals surface area contributed by atoms with Crippen LogP contribution in [0.3, 0.4) is 0 Å². The molecule has 4 atom stereocenters. The molecule has 2 unspecified atom stereocenters. The van der Waals surface area contributed by atoms with E-state index in [-0.39, 0.29) is 50.7 Å². The molecule has 12 heteroatoms.